The van der Waals surface area contributed by atoms with Crippen molar-refractivity contribution < 1.29 is 19.1 Å². The van der Waals surface area contributed by atoms with Crippen molar-refractivity contribution in [3.63, 3.8) is 0 Å². The second-order valence-electron chi connectivity index (χ2n) is 8.04. The molecule has 3 unspecified atom stereocenters. The first-order valence-electron chi connectivity index (χ1n) is 9.40. The molecule has 0 amide bonds. The maximum atomic E-state index is 11.3. The van der Waals surface area contributed by atoms with E-state index >= 15 is 0 Å². The summed E-state index contributed by atoms with van der Waals surface area (Å²) in [6.07, 6.45) is 6.01. The molecule has 2 aliphatic rings. The molecule has 2 aliphatic carbocycles. The molecule has 1 aromatic carbocycles. The number of esters is 2. The molecular formula is C23H30O4. The van der Waals surface area contributed by atoms with E-state index in [2.05, 4.69) is 33.9 Å². The van der Waals surface area contributed by atoms with Crippen molar-refractivity contribution in [3.05, 3.63) is 61.2 Å². The van der Waals surface area contributed by atoms with Crippen LogP contribution in [0.4, 0.5) is 0 Å². The Morgan fingerprint density at radius 1 is 1.11 bits per heavy atom. The fraction of sp³-hybridized carbons (Fsp3) is 0.478. The Balaban J connectivity index is 0.000000199. The lowest BCUT2D eigenvalue weighted by Crippen LogP contribution is -2.38. The highest BCUT2D eigenvalue weighted by atomic mass is 16.5. The maximum Gasteiger partial charge on any atom is 0.330 e. The predicted octanol–water partition coefficient (Wildman–Crippen LogP) is 4.85. The van der Waals surface area contributed by atoms with E-state index in [1.54, 1.807) is 0 Å². The van der Waals surface area contributed by atoms with Crippen LogP contribution in [0.15, 0.2) is 55.6 Å². The fourth-order valence-corrected chi connectivity index (χ4v) is 4.28. The van der Waals surface area contributed by atoms with Gasteiger partial charge in [-0.25, -0.2) is 9.59 Å². The number of benzene rings is 1. The van der Waals surface area contributed by atoms with Gasteiger partial charge in [0.25, 0.3) is 0 Å². The largest absolute Gasteiger partial charge is 0.459 e. The van der Waals surface area contributed by atoms with Crippen LogP contribution in [0.3, 0.4) is 0 Å². The normalized spacial score (nSPS) is 27.1. The molecule has 27 heavy (non-hydrogen) atoms. The minimum absolute atomic E-state index is 0.0942. The molecule has 0 spiro atoms. The first kappa shape index (κ1) is 20.9. The summed E-state index contributed by atoms with van der Waals surface area (Å²) in [6, 6.07) is 9.51. The lowest BCUT2D eigenvalue weighted by molar-refractivity contribution is -0.150. The highest BCUT2D eigenvalue weighted by Gasteiger charge is 2.62. The van der Waals surface area contributed by atoms with Crippen LogP contribution in [-0.4, -0.2) is 18.0 Å². The molecule has 0 aromatic heterocycles. The second kappa shape index (κ2) is 8.55. The Morgan fingerprint density at radius 2 is 1.74 bits per heavy atom. The first-order valence-corrected chi connectivity index (χ1v) is 9.40. The van der Waals surface area contributed by atoms with Crippen molar-refractivity contribution in [2.24, 2.45) is 16.7 Å². The summed E-state index contributed by atoms with van der Waals surface area (Å²) in [4.78, 5) is 21.9. The van der Waals surface area contributed by atoms with E-state index in [-0.39, 0.29) is 23.5 Å². The zero-order valence-corrected chi connectivity index (χ0v) is 16.6. The Kier molecular flexibility index (Phi) is 6.63. The van der Waals surface area contributed by atoms with Gasteiger partial charge in [-0.15, -0.1) is 0 Å². The van der Waals surface area contributed by atoms with Gasteiger partial charge in [-0.05, 0) is 36.2 Å². The summed E-state index contributed by atoms with van der Waals surface area (Å²) in [5.41, 5.74) is 1.45. The average Bonchev–Trinajstić information content (AvgIpc) is 3.00. The van der Waals surface area contributed by atoms with Gasteiger partial charge in [0.2, 0.25) is 0 Å². The van der Waals surface area contributed by atoms with Crippen LogP contribution in [0.5, 0.6) is 0 Å². The molecule has 0 radical (unpaired) electrons. The van der Waals surface area contributed by atoms with Gasteiger partial charge < -0.3 is 9.47 Å². The first-order chi connectivity index (χ1) is 12.7. The molecule has 0 N–H and O–H groups in total. The van der Waals surface area contributed by atoms with E-state index < -0.39 is 0 Å². The summed E-state index contributed by atoms with van der Waals surface area (Å²) >= 11 is 0. The summed E-state index contributed by atoms with van der Waals surface area (Å²) in [5, 5.41) is 0. The topological polar surface area (TPSA) is 52.6 Å². The molecule has 0 saturated heterocycles. The third kappa shape index (κ3) is 4.49. The van der Waals surface area contributed by atoms with E-state index in [0.717, 1.165) is 18.1 Å². The van der Waals surface area contributed by atoms with Crippen LogP contribution in [0, 0.1) is 16.7 Å². The molecule has 2 saturated carbocycles. The summed E-state index contributed by atoms with van der Waals surface area (Å²) in [7, 11) is 0. The molecule has 3 atom stereocenters. The fourth-order valence-electron chi connectivity index (χ4n) is 4.28. The number of hydrogen-bond donors (Lipinski definition) is 0. The SMILES string of the molecule is C=CC(=O)OC1CC2CCC1(C)C2(C)C.C=CC(=O)OCc1ccccc1. The van der Waals surface area contributed by atoms with Gasteiger partial charge in [-0.2, -0.15) is 0 Å². The van der Waals surface area contributed by atoms with E-state index in [0.29, 0.717) is 17.9 Å². The van der Waals surface area contributed by atoms with Crippen molar-refractivity contribution in [3.8, 4) is 0 Å². The van der Waals surface area contributed by atoms with Gasteiger partial charge in [0, 0.05) is 17.6 Å². The van der Waals surface area contributed by atoms with Crippen LogP contribution in [0.2, 0.25) is 0 Å². The molecule has 4 heteroatoms. The monoisotopic (exact) mass is 370 g/mol. The van der Waals surface area contributed by atoms with Crippen molar-refractivity contribution in [1.29, 1.82) is 0 Å². The smallest absolute Gasteiger partial charge is 0.330 e. The maximum absolute atomic E-state index is 11.3. The minimum Gasteiger partial charge on any atom is -0.459 e. The average molecular weight is 370 g/mol. The molecular weight excluding hydrogens is 340 g/mol. The van der Waals surface area contributed by atoms with Crippen molar-refractivity contribution >= 4 is 11.9 Å². The Bertz CT molecular complexity index is 692. The number of ether oxygens (including phenoxy) is 2. The van der Waals surface area contributed by atoms with E-state index in [1.165, 1.54) is 18.9 Å². The zero-order valence-electron chi connectivity index (χ0n) is 16.6. The van der Waals surface area contributed by atoms with Gasteiger partial charge in [-0.3, -0.25) is 0 Å². The van der Waals surface area contributed by atoms with E-state index in [4.69, 9.17) is 9.47 Å². The zero-order chi connectivity index (χ0) is 20.1. The van der Waals surface area contributed by atoms with Crippen molar-refractivity contribution in [2.75, 3.05) is 0 Å². The molecule has 1 aromatic rings. The summed E-state index contributed by atoms with van der Waals surface area (Å²) in [6.45, 7) is 13.9. The van der Waals surface area contributed by atoms with Crippen LogP contribution in [-0.2, 0) is 25.7 Å². The van der Waals surface area contributed by atoms with E-state index in [1.807, 2.05) is 30.3 Å². The summed E-state index contributed by atoms with van der Waals surface area (Å²) < 4.78 is 10.3. The third-order valence-corrected chi connectivity index (χ3v) is 6.53. The standard InChI is InChI=1S/C13H20O2.C10H10O2/c1-5-11(14)15-10-8-9-6-7-13(10,4)12(9,2)3;1-2-10(11)12-8-9-6-4-3-5-7-9/h5,9-10H,1,6-8H2,2-4H3;2-7H,1,8H2. The van der Waals surface area contributed by atoms with Crippen molar-refractivity contribution in [2.45, 2.75) is 52.7 Å². The van der Waals surface area contributed by atoms with Crippen molar-refractivity contribution in [1.82, 2.24) is 0 Å². The Hall–Kier alpha value is -2.36. The van der Waals surface area contributed by atoms with Crippen LogP contribution >= 0.6 is 0 Å². The molecule has 0 heterocycles. The number of carbonyl (C=O) groups excluding carboxylic acids is 2. The third-order valence-electron chi connectivity index (χ3n) is 6.53. The predicted molar refractivity (Wildman–Crippen MR) is 106 cm³/mol. The lowest BCUT2D eigenvalue weighted by atomic mass is 9.70. The van der Waals surface area contributed by atoms with E-state index in [9.17, 15) is 9.59 Å². The lowest BCUT2D eigenvalue weighted by Gasteiger charge is -2.38. The quantitative estimate of drug-likeness (QED) is 0.549. The molecule has 3 rings (SSSR count). The van der Waals surface area contributed by atoms with Gasteiger partial charge in [0.05, 0.1) is 0 Å². The highest BCUT2D eigenvalue weighted by Crippen LogP contribution is 2.66. The molecule has 146 valence electrons. The Morgan fingerprint density at radius 3 is 2.22 bits per heavy atom. The van der Waals surface area contributed by atoms with Gasteiger partial charge in [0.1, 0.15) is 12.7 Å². The molecule has 0 aliphatic heterocycles. The van der Waals surface area contributed by atoms with Crippen LogP contribution in [0.1, 0.15) is 45.6 Å². The molecule has 4 nitrogen and oxygen atoms in total. The van der Waals surface area contributed by atoms with Crippen LogP contribution in [0.25, 0.3) is 0 Å². The van der Waals surface area contributed by atoms with Gasteiger partial charge in [-0.1, -0.05) is 64.3 Å². The van der Waals surface area contributed by atoms with Gasteiger partial charge in [0.15, 0.2) is 0 Å². The molecule has 2 bridgehead atoms. The second-order valence-corrected chi connectivity index (χ2v) is 8.04. The highest BCUT2D eigenvalue weighted by molar-refractivity contribution is 5.81. The number of fused-ring (bicyclic) bond motifs is 2. The Labute approximate surface area is 162 Å². The molecule has 2 fully saturated rings. The summed E-state index contributed by atoms with van der Waals surface area (Å²) in [5.74, 6) is 0.0496. The van der Waals surface area contributed by atoms with Crippen LogP contribution < -0.4 is 0 Å². The number of hydrogen-bond acceptors (Lipinski definition) is 4. The van der Waals surface area contributed by atoms with Gasteiger partial charge >= 0.3 is 11.9 Å². The minimum atomic E-state index is -0.390. The number of rotatable bonds is 5. The number of carbonyl (C=O) groups is 2.